The lowest BCUT2D eigenvalue weighted by Gasteiger charge is -2.25. The van der Waals surface area contributed by atoms with Crippen molar-refractivity contribution in [3.63, 3.8) is 0 Å². The van der Waals surface area contributed by atoms with Gasteiger partial charge >= 0.3 is 0 Å². The van der Waals surface area contributed by atoms with Gasteiger partial charge < -0.3 is 4.90 Å². The van der Waals surface area contributed by atoms with Crippen LogP contribution in [0.3, 0.4) is 0 Å². The Bertz CT molecular complexity index is 239. The normalized spacial score (nSPS) is 33.3. The first-order valence-corrected chi connectivity index (χ1v) is 6.90. The first-order valence-electron chi connectivity index (χ1n) is 5.41. The van der Waals surface area contributed by atoms with Crippen molar-refractivity contribution in [2.45, 2.75) is 25.7 Å². The molecule has 3 nitrogen and oxygen atoms in total. The zero-order chi connectivity index (χ0) is 9.97. The van der Waals surface area contributed by atoms with E-state index in [9.17, 15) is 9.00 Å². The Kier molecular flexibility index (Phi) is 3.21. The minimum absolute atomic E-state index is 0.172. The molecule has 0 spiro atoms. The number of amides is 1. The van der Waals surface area contributed by atoms with Crippen molar-refractivity contribution in [3.05, 3.63) is 0 Å². The largest absolute Gasteiger partial charge is 0.342 e. The van der Waals surface area contributed by atoms with Gasteiger partial charge in [-0.3, -0.25) is 9.00 Å². The molecule has 2 rings (SSSR count). The maximum absolute atomic E-state index is 11.9. The van der Waals surface area contributed by atoms with Crippen LogP contribution in [0, 0.1) is 5.92 Å². The number of hydrogen-bond acceptors (Lipinski definition) is 2. The van der Waals surface area contributed by atoms with Crippen molar-refractivity contribution in [3.8, 4) is 0 Å². The summed E-state index contributed by atoms with van der Waals surface area (Å²) < 4.78 is 11.1. The van der Waals surface area contributed by atoms with Crippen LogP contribution in [0.2, 0.25) is 0 Å². The minimum atomic E-state index is -0.650. The summed E-state index contributed by atoms with van der Waals surface area (Å²) in [5.74, 6) is 1.94. The second-order valence-corrected chi connectivity index (χ2v) is 5.85. The molecular formula is C10H17NO2S. The van der Waals surface area contributed by atoms with Gasteiger partial charge in [-0.05, 0) is 25.7 Å². The average molecular weight is 215 g/mol. The van der Waals surface area contributed by atoms with Crippen LogP contribution in [0.25, 0.3) is 0 Å². The van der Waals surface area contributed by atoms with Gasteiger partial charge in [0.2, 0.25) is 5.91 Å². The highest BCUT2D eigenvalue weighted by Crippen LogP contribution is 2.21. The average Bonchev–Trinajstić information content (AvgIpc) is 2.71. The Morgan fingerprint density at radius 3 is 2.29 bits per heavy atom. The maximum Gasteiger partial charge on any atom is 0.225 e. The molecule has 0 unspecified atom stereocenters. The van der Waals surface area contributed by atoms with Gasteiger partial charge in [-0.2, -0.15) is 0 Å². The highest BCUT2D eigenvalue weighted by molar-refractivity contribution is 7.85. The van der Waals surface area contributed by atoms with Crippen molar-refractivity contribution in [1.29, 1.82) is 0 Å². The fourth-order valence-electron chi connectivity index (χ4n) is 2.24. The van der Waals surface area contributed by atoms with Crippen molar-refractivity contribution in [2.75, 3.05) is 24.6 Å². The van der Waals surface area contributed by atoms with Crippen LogP contribution in [0.4, 0.5) is 0 Å². The molecule has 14 heavy (non-hydrogen) atoms. The molecule has 0 aromatic heterocycles. The molecule has 80 valence electrons. The molecule has 0 bridgehead atoms. The van der Waals surface area contributed by atoms with E-state index in [4.69, 9.17) is 0 Å². The highest BCUT2D eigenvalue weighted by Gasteiger charge is 2.29. The van der Waals surface area contributed by atoms with Crippen LogP contribution in [0.5, 0.6) is 0 Å². The van der Waals surface area contributed by atoms with Crippen LogP contribution in [-0.4, -0.2) is 39.6 Å². The molecule has 2 aliphatic heterocycles. The van der Waals surface area contributed by atoms with E-state index in [1.54, 1.807) is 0 Å². The number of rotatable bonds is 1. The lowest BCUT2D eigenvalue weighted by molar-refractivity contribution is -0.134. The number of carbonyl (C=O) groups is 1. The van der Waals surface area contributed by atoms with E-state index in [1.165, 1.54) is 0 Å². The summed E-state index contributed by atoms with van der Waals surface area (Å²) in [6.07, 6.45) is 3.98. The first-order chi connectivity index (χ1) is 6.77. The summed E-state index contributed by atoms with van der Waals surface area (Å²) in [6, 6.07) is 0. The summed E-state index contributed by atoms with van der Waals surface area (Å²) in [4.78, 5) is 13.9. The van der Waals surface area contributed by atoms with Gasteiger partial charge in [0, 0.05) is 41.3 Å². The third kappa shape index (κ3) is 2.16. The molecule has 0 atom stereocenters. The molecule has 0 aliphatic carbocycles. The fourth-order valence-corrected chi connectivity index (χ4v) is 3.54. The summed E-state index contributed by atoms with van der Waals surface area (Å²) >= 11 is 0. The fraction of sp³-hybridized carbons (Fsp3) is 0.900. The smallest absolute Gasteiger partial charge is 0.225 e. The van der Waals surface area contributed by atoms with Gasteiger partial charge in [-0.1, -0.05) is 0 Å². The van der Waals surface area contributed by atoms with Gasteiger partial charge in [0.25, 0.3) is 0 Å². The zero-order valence-electron chi connectivity index (χ0n) is 8.41. The molecule has 4 heteroatoms. The summed E-state index contributed by atoms with van der Waals surface area (Å²) in [6.45, 7) is 1.89. The maximum atomic E-state index is 11.9. The molecule has 0 N–H and O–H groups in total. The monoisotopic (exact) mass is 215 g/mol. The molecule has 1 amide bonds. The zero-order valence-corrected chi connectivity index (χ0v) is 9.22. The predicted molar refractivity (Wildman–Crippen MR) is 56.4 cm³/mol. The van der Waals surface area contributed by atoms with Crippen LogP contribution < -0.4 is 0 Å². The van der Waals surface area contributed by atoms with Gasteiger partial charge in [0.1, 0.15) is 0 Å². The highest BCUT2D eigenvalue weighted by atomic mass is 32.2. The molecule has 0 aromatic carbocycles. The van der Waals surface area contributed by atoms with E-state index >= 15 is 0 Å². The number of nitrogens with zero attached hydrogens (tertiary/aromatic N) is 1. The Morgan fingerprint density at radius 2 is 1.71 bits per heavy atom. The minimum Gasteiger partial charge on any atom is -0.342 e. The first kappa shape index (κ1) is 10.1. The van der Waals surface area contributed by atoms with Gasteiger partial charge in [0.15, 0.2) is 0 Å². The molecule has 2 heterocycles. The molecule has 2 aliphatic rings. The predicted octanol–water partition coefficient (Wildman–Crippen LogP) is 0.767. The Hall–Kier alpha value is -0.380. The Labute approximate surface area is 87.3 Å². The van der Waals surface area contributed by atoms with E-state index in [2.05, 4.69) is 0 Å². The molecule has 2 saturated heterocycles. The Morgan fingerprint density at radius 1 is 1.14 bits per heavy atom. The van der Waals surface area contributed by atoms with Crippen LogP contribution in [0.15, 0.2) is 0 Å². The van der Waals surface area contributed by atoms with Crippen molar-refractivity contribution < 1.29 is 9.00 Å². The molecule has 0 saturated carbocycles. The van der Waals surface area contributed by atoms with E-state index in [-0.39, 0.29) is 5.92 Å². The van der Waals surface area contributed by atoms with Gasteiger partial charge in [-0.15, -0.1) is 0 Å². The van der Waals surface area contributed by atoms with E-state index in [1.807, 2.05) is 4.90 Å². The second-order valence-electron chi connectivity index (χ2n) is 4.15. The molecule has 2 fully saturated rings. The van der Waals surface area contributed by atoms with Crippen molar-refractivity contribution in [1.82, 2.24) is 4.90 Å². The third-order valence-electron chi connectivity index (χ3n) is 3.15. The van der Waals surface area contributed by atoms with E-state index in [0.29, 0.717) is 5.91 Å². The molecule has 0 aromatic rings. The number of likely N-dealkylation sites (tertiary alicyclic amines) is 1. The lowest BCUT2D eigenvalue weighted by Crippen LogP contribution is -2.37. The quantitative estimate of drug-likeness (QED) is 0.648. The van der Waals surface area contributed by atoms with E-state index in [0.717, 1.165) is 50.3 Å². The van der Waals surface area contributed by atoms with Gasteiger partial charge in [-0.25, -0.2) is 0 Å². The summed E-state index contributed by atoms with van der Waals surface area (Å²) in [5.41, 5.74) is 0. The topological polar surface area (TPSA) is 37.4 Å². The third-order valence-corrected chi connectivity index (χ3v) is 4.54. The number of hydrogen-bond donors (Lipinski definition) is 0. The van der Waals surface area contributed by atoms with Crippen LogP contribution >= 0.6 is 0 Å². The van der Waals surface area contributed by atoms with Crippen molar-refractivity contribution in [2.24, 2.45) is 5.92 Å². The van der Waals surface area contributed by atoms with Gasteiger partial charge in [0.05, 0.1) is 0 Å². The lowest BCUT2D eigenvalue weighted by atomic mass is 10.0. The second kappa shape index (κ2) is 4.43. The van der Waals surface area contributed by atoms with Crippen molar-refractivity contribution >= 4 is 16.7 Å². The number of carbonyl (C=O) groups excluding carboxylic acids is 1. The summed E-state index contributed by atoms with van der Waals surface area (Å²) in [7, 11) is -0.650. The Balaban J connectivity index is 1.88. The van der Waals surface area contributed by atoms with E-state index < -0.39 is 10.8 Å². The molecule has 0 radical (unpaired) electrons. The van der Waals surface area contributed by atoms with Crippen LogP contribution in [0.1, 0.15) is 25.7 Å². The van der Waals surface area contributed by atoms with Crippen LogP contribution in [-0.2, 0) is 15.6 Å². The standard InChI is InChI=1S/C10H17NO2S/c12-10(11-5-1-2-6-11)9-3-7-14(13)8-4-9/h9H,1-8H2. The molecular weight excluding hydrogens is 198 g/mol. The SMILES string of the molecule is O=C(C1CCS(=O)CC1)N1CCCC1. The summed E-state index contributed by atoms with van der Waals surface area (Å²) in [5, 5.41) is 0.